The smallest absolute Gasteiger partial charge is 0.355 e. The highest BCUT2D eigenvalue weighted by Crippen LogP contribution is 2.17. The number of aryl methyl sites for hydroxylation is 2. The van der Waals surface area contributed by atoms with Gasteiger partial charge in [-0.2, -0.15) is 9.61 Å². The minimum absolute atomic E-state index is 0.0376. The molecule has 0 saturated carbocycles. The summed E-state index contributed by atoms with van der Waals surface area (Å²) in [7, 11) is 1.50. The molecule has 0 aromatic carbocycles. The molecule has 3 aromatic rings. The van der Waals surface area contributed by atoms with E-state index in [9.17, 15) is 19.7 Å². The number of carbonyl (C=O) groups excluding carboxylic acids is 1. The van der Waals surface area contributed by atoms with E-state index < -0.39 is 10.9 Å². The van der Waals surface area contributed by atoms with Crippen molar-refractivity contribution in [3.8, 4) is 0 Å². The molecule has 0 fully saturated rings. The highest BCUT2D eigenvalue weighted by molar-refractivity contribution is 7.16. The second-order valence-electron chi connectivity index (χ2n) is 5.16. The van der Waals surface area contributed by atoms with E-state index in [1.54, 1.807) is 0 Å². The first-order valence-electron chi connectivity index (χ1n) is 7.25. The van der Waals surface area contributed by atoms with Gasteiger partial charge in [0.15, 0.2) is 0 Å². The molecule has 0 aliphatic heterocycles. The van der Waals surface area contributed by atoms with E-state index in [1.165, 1.54) is 39.7 Å². The average Bonchev–Trinajstić information content (AvgIpc) is 3.16. The summed E-state index contributed by atoms with van der Waals surface area (Å²) in [4.78, 5) is 38.9. The number of esters is 1. The Kier molecular flexibility index (Phi) is 4.31. The average molecular weight is 363 g/mol. The fourth-order valence-electron chi connectivity index (χ4n) is 2.18. The number of rotatable bonds is 5. The van der Waals surface area contributed by atoms with Crippen molar-refractivity contribution in [3.63, 3.8) is 0 Å². The maximum absolute atomic E-state index is 12.1. The van der Waals surface area contributed by atoms with Crippen LogP contribution in [-0.2, 0) is 24.8 Å². The van der Waals surface area contributed by atoms with Crippen molar-refractivity contribution in [3.05, 3.63) is 55.2 Å². The van der Waals surface area contributed by atoms with Crippen LogP contribution in [0.25, 0.3) is 4.96 Å². The molecular formula is C14H13N5O5S. The van der Waals surface area contributed by atoms with Crippen LogP contribution < -0.4 is 5.56 Å². The van der Waals surface area contributed by atoms with Crippen molar-refractivity contribution < 1.29 is 14.5 Å². The van der Waals surface area contributed by atoms with E-state index in [4.69, 9.17) is 4.74 Å². The largest absolute Gasteiger partial charge is 0.454 e. The zero-order valence-electron chi connectivity index (χ0n) is 13.3. The molecule has 0 aliphatic rings. The third kappa shape index (κ3) is 3.26. The first kappa shape index (κ1) is 16.8. The Morgan fingerprint density at radius 3 is 2.84 bits per heavy atom. The number of ether oxygens (including phenoxy) is 1. The Hall–Kier alpha value is -3.08. The van der Waals surface area contributed by atoms with E-state index in [0.717, 1.165) is 11.1 Å². The van der Waals surface area contributed by atoms with Gasteiger partial charge in [-0.05, 0) is 6.42 Å². The first-order chi connectivity index (χ1) is 11.9. The maximum atomic E-state index is 12.1. The van der Waals surface area contributed by atoms with Crippen molar-refractivity contribution in [1.29, 1.82) is 0 Å². The zero-order valence-corrected chi connectivity index (χ0v) is 14.1. The lowest BCUT2D eigenvalue weighted by atomic mass is 10.4. The van der Waals surface area contributed by atoms with E-state index in [0.29, 0.717) is 11.4 Å². The summed E-state index contributed by atoms with van der Waals surface area (Å²) in [6.45, 7) is 1.70. The van der Waals surface area contributed by atoms with E-state index >= 15 is 0 Å². The van der Waals surface area contributed by atoms with Gasteiger partial charge < -0.3 is 9.30 Å². The molecule has 0 aliphatic carbocycles. The van der Waals surface area contributed by atoms with Crippen LogP contribution >= 0.6 is 11.3 Å². The highest BCUT2D eigenvalue weighted by Gasteiger charge is 2.19. The maximum Gasteiger partial charge on any atom is 0.355 e. The summed E-state index contributed by atoms with van der Waals surface area (Å²) < 4.78 is 7.63. The molecule has 10 nitrogen and oxygen atoms in total. The summed E-state index contributed by atoms with van der Waals surface area (Å²) in [5.41, 5.74) is -0.241. The van der Waals surface area contributed by atoms with Gasteiger partial charge in [0.05, 0.1) is 16.8 Å². The second kappa shape index (κ2) is 6.43. The van der Waals surface area contributed by atoms with Gasteiger partial charge in [-0.25, -0.2) is 9.78 Å². The molecule has 0 atom stereocenters. The van der Waals surface area contributed by atoms with Crippen molar-refractivity contribution in [2.75, 3.05) is 0 Å². The van der Waals surface area contributed by atoms with E-state index in [2.05, 4.69) is 10.1 Å². The fraction of sp³-hybridized carbons (Fsp3) is 0.286. The topological polar surface area (TPSA) is 122 Å². The second-order valence-corrected chi connectivity index (χ2v) is 6.20. The van der Waals surface area contributed by atoms with Crippen molar-refractivity contribution in [2.24, 2.45) is 7.05 Å². The lowest BCUT2D eigenvalue weighted by Gasteiger charge is -2.04. The molecule has 3 heterocycles. The third-order valence-corrected chi connectivity index (χ3v) is 4.46. The molecule has 0 bridgehead atoms. The predicted molar refractivity (Wildman–Crippen MR) is 87.7 cm³/mol. The molecule has 0 radical (unpaired) electrons. The van der Waals surface area contributed by atoms with Gasteiger partial charge in [0.1, 0.15) is 17.3 Å². The minimum Gasteiger partial charge on any atom is -0.454 e. The Morgan fingerprint density at radius 1 is 1.44 bits per heavy atom. The van der Waals surface area contributed by atoms with Crippen LogP contribution in [0.15, 0.2) is 23.1 Å². The van der Waals surface area contributed by atoms with Gasteiger partial charge in [-0.15, -0.1) is 0 Å². The Morgan fingerprint density at radius 2 is 2.20 bits per heavy atom. The Labute approximate surface area is 144 Å². The normalized spacial score (nSPS) is 11.0. The fourth-order valence-corrected chi connectivity index (χ4v) is 3.03. The number of hydrogen-bond acceptors (Lipinski definition) is 8. The first-order valence-corrected chi connectivity index (χ1v) is 8.07. The molecule has 0 spiro atoms. The van der Waals surface area contributed by atoms with Crippen LogP contribution in [-0.4, -0.2) is 30.1 Å². The van der Waals surface area contributed by atoms with E-state index in [1.807, 2.05) is 6.92 Å². The lowest BCUT2D eigenvalue weighted by molar-refractivity contribution is -0.384. The molecule has 11 heteroatoms. The van der Waals surface area contributed by atoms with Gasteiger partial charge in [0.2, 0.25) is 4.96 Å². The Bertz CT molecular complexity index is 1030. The SMILES string of the molecule is CCc1nn2c(=O)cc(COC(=O)c3cc([N+](=O)[O-])cn3C)nc2s1. The quantitative estimate of drug-likeness (QED) is 0.380. The number of nitrogens with zero attached hydrogens (tertiary/aromatic N) is 5. The summed E-state index contributed by atoms with van der Waals surface area (Å²) in [5, 5.41) is 15.6. The molecule has 0 unspecified atom stereocenters. The molecule has 3 rings (SSSR count). The predicted octanol–water partition coefficient (Wildman–Crippen LogP) is 1.32. The summed E-state index contributed by atoms with van der Waals surface area (Å²) in [6.07, 6.45) is 1.90. The van der Waals surface area contributed by atoms with Crippen LogP contribution in [0.4, 0.5) is 5.69 Å². The molecule has 0 N–H and O–H groups in total. The van der Waals surface area contributed by atoms with Crippen molar-refractivity contribution in [1.82, 2.24) is 19.2 Å². The molecule has 0 saturated heterocycles. The summed E-state index contributed by atoms with van der Waals surface area (Å²) in [5.74, 6) is -0.740. The standard InChI is InChI=1S/C14H13N5O5S/c1-3-11-16-18-12(20)4-8(15-14(18)25-11)7-24-13(21)10-5-9(19(22)23)6-17(10)2/h4-6H,3,7H2,1-2H3. The number of nitro groups is 1. The van der Waals surface area contributed by atoms with Crippen LogP contribution in [0.3, 0.4) is 0 Å². The monoisotopic (exact) mass is 363 g/mol. The number of fused-ring (bicyclic) bond motifs is 1. The highest BCUT2D eigenvalue weighted by atomic mass is 32.1. The van der Waals surface area contributed by atoms with Crippen LogP contribution in [0.2, 0.25) is 0 Å². The van der Waals surface area contributed by atoms with Gasteiger partial charge in [0.25, 0.3) is 11.2 Å². The molecule has 130 valence electrons. The van der Waals surface area contributed by atoms with Crippen molar-refractivity contribution >= 4 is 28.0 Å². The number of carbonyl (C=O) groups is 1. The number of hydrogen-bond donors (Lipinski definition) is 0. The number of aromatic nitrogens is 4. The van der Waals surface area contributed by atoms with Gasteiger partial charge in [-0.3, -0.25) is 14.9 Å². The van der Waals surface area contributed by atoms with Crippen LogP contribution in [0.5, 0.6) is 0 Å². The van der Waals surface area contributed by atoms with Crippen molar-refractivity contribution in [2.45, 2.75) is 20.0 Å². The van der Waals surface area contributed by atoms with Crippen LogP contribution in [0, 0.1) is 10.1 Å². The van der Waals surface area contributed by atoms with Crippen LogP contribution in [0.1, 0.15) is 28.1 Å². The lowest BCUT2D eigenvalue weighted by Crippen LogP contribution is -2.17. The molecular weight excluding hydrogens is 350 g/mol. The zero-order chi connectivity index (χ0) is 18.1. The van der Waals surface area contributed by atoms with Gasteiger partial charge >= 0.3 is 5.97 Å². The Balaban J connectivity index is 1.79. The third-order valence-electron chi connectivity index (χ3n) is 3.40. The molecule has 0 amide bonds. The minimum atomic E-state index is -0.740. The van der Waals surface area contributed by atoms with E-state index in [-0.39, 0.29) is 29.2 Å². The summed E-state index contributed by atoms with van der Waals surface area (Å²) in [6, 6.07) is 2.37. The van der Waals surface area contributed by atoms with Gasteiger partial charge in [0, 0.05) is 19.2 Å². The van der Waals surface area contributed by atoms with Gasteiger partial charge in [-0.1, -0.05) is 18.3 Å². The summed E-state index contributed by atoms with van der Waals surface area (Å²) >= 11 is 1.29. The molecule has 25 heavy (non-hydrogen) atoms. The molecule has 3 aromatic heterocycles.